The van der Waals surface area contributed by atoms with Gasteiger partial charge >= 0.3 is 0 Å². The van der Waals surface area contributed by atoms with Crippen molar-refractivity contribution in [2.75, 3.05) is 18.9 Å². The second-order valence-electron chi connectivity index (χ2n) is 5.15. The van der Waals surface area contributed by atoms with Crippen LogP contribution in [0.4, 0.5) is 5.82 Å². The number of carbonyl (C=O) groups is 1. The zero-order valence-electron chi connectivity index (χ0n) is 13.1. The molecule has 0 radical (unpaired) electrons. The van der Waals surface area contributed by atoms with Crippen molar-refractivity contribution in [2.24, 2.45) is 0 Å². The maximum atomic E-state index is 12.4. The summed E-state index contributed by atoms with van der Waals surface area (Å²) in [6.45, 7) is 0.237. The summed E-state index contributed by atoms with van der Waals surface area (Å²) in [4.78, 5) is 16.0. The highest BCUT2D eigenvalue weighted by atomic mass is 35.5. The summed E-state index contributed by atoms with van der Waals surface area (Å²) >= 11 is 5.77. The molecule has 0 aliphatic rings. The summed E-state index contributed by atoms with van der Waals surface area (Å²) in [5.41, 5.74) is 0. The summed E-state index contributed by atoms with van der Waals surface area (Å²) in [7, 11) is -2.10. The summed E-state index contributed by atoms with van der Waals surface area (Å²) in [5.74, 6) is 0.274. The number of rotatable bonds is 7. The summed E-state index contributed by atoms with van der Waals surface area (Å²) < 4.78 is 26.0. The average Bonchev–Trinajstić information content (AvgIpc) is 2.56. The number of sulfonamides is 1. The number of pyridine rings is 1. The Morgan fingerprint density at radius 3 is 2.54 bits per heavy atom. The molecule has 0 spiro atoms. The number of halogens is 1. The number of carbonyl (C=O) groups excluding carboxylic acids is 1. The number of hydrogen-bond acceptors (Lipinski definition) is 4. The number of nitrogens with zero attached hydrogens (tertiary/aromatic N) is 2. The van der Waals surface area contributed by atoms with Crippen molar-refractivity contribution in [1.82, 2.24) is 9.29 Å². The van der Waals surface area contributed by atoms with Crippen LogP contribution >= 0.6 is 11.6 Å². The van der Waals surface area contributed by atoms with Crippen LogP contribution < -0.4 is 5.32 Å². The molecule has 0 saturated heterocycles. The fourth-order valence-corrected chi connectivity index (χ4v) is 3.35. The molecular weight excluding hydrogens is 350 g/mol. The molecule has 128 valence electrons. The van der Waals surface area contributed by atoms with Crippen LogP contribution in [0.5, 0.6) is 0 Å². The van der Waals surface area contributed by atoms with E-state index in [1.807, 2.05) is 0 Å². The van der Waals surface area contributed by atoms with Crippen molar-refractivity contribution in [3.8, 4) is 0 Å². The lowest BCUT2D eigenvalue weighted by Crippen LogP contribution is -2.28. The van der Waals surface area contributed by atoms with E-state index in [9.17, 15) is 13.2 Å². The summed E-state index contributed by atoms with van der Waals surface area (Å²) in [5, 5.41) is 3.13. The number of amides is 1. The largest absolute Gasteiger partial charge is 0.311 e. The number of hydrogen-bond donors (Lipinski definition) is 1. The molecule has 1 aromatic carbocycles. The van der Waals surface area contributed by atoms with Crippen molar-refractivity contribution >= 4 is 33.3 Å². The molecule has 1 heterocycles. The van der Waals surface area contributed by atoms with Gasteiger partial charge in [-0.2, -0.15) is 0 Å². The third-order valence-corrected chi connectivity index (χ3v) is 5.45. The van der Waals surface area contributed by atoms with Gasteiger partial charge in [-0.1, -0.05) is 17.7 Å². The van der Waals surface area contributed by atoms with Gasteiger partial charge in [0.2, 0.25) is 15.9 Å². The second-order valence-corrected chi connectivity index (χ2v) is 7.63. The van der Waals surface area contributed by atoms with E-state index in [-0.39, 0.29) is 23.8 Å². The Kier molecular flexibility index (Phi) is 6.30. The predicted molar refractivity (Wildman–Crippen MR) is 93.4 cm³/mol. The lowest BCUT2D eigenvalue weighted by atomic mass is 10.3. The van der Waals surface area contributed by atoms with Crippen molar-refractivity contribution < 1.29 is 13.2 Å². The third kappa shape index (κ3) is 5.02. The second kappa shape index (κ2) is 8.23. The maximum absolute atomic E-state index is 12.4. The Balaban J connectivity index is 1.85. The molecular formula is C16H18ClN3O3S. The molecule has 0 fully saturated rings. The smallest absolute Gasteiger partial charge is 0.242 e. The lowest BCUT2D eigenvalue weighted by Gasteiger charge is -2.17. The summed E-state index contributed by atoms with van der Waals surface area (Å²) in [6.07, 6.45) is 2.20. The van der Waals surface area contributed by atoms with Crippen LogP contribution in [0.15, 0.2) is 53.6 Å². The van der Waals surface area contributed by atoms with Gasteiger partial charge in [-0.25, -0.2) is 17.7 Å². The van der Waals surface area contributed by atoms with Gasteiger partial charge < -0.3 is 5.32 Å². The topological polar surface area (TPSA) is 79.4 Å². The maximum Gasteiger partial charge on any atom is 0.242 e. The number of aromatic nitrogens is 1. The Morgan fingerprint density at radius 1 is 1.21 bits per heavy atom. The van der Waals surface area contributed by atoms with Crippen LogP contribution in [0, 0.1) is 0 Å². The first-order chi connectivity index (χ1) is 11.4. The highest BCUT2D eigenvalue weighted by Crippen LogP contribution is 2.17. The van der Waals surface area contributed by atoms with Gasteiger partial charge in [-0.05, 0) is 42.8 Å². The van der Waals surface area contributed by atoms with E-state index in [0.717, 1.165) is 0 Å². The van der Waals surface area contributed by atoms with Crippen molar-refractivity contribution in [1.29, 1.82) is 0 Å². The van der Waals surface area contributed by atoms with E-state index in [0.29, 0.717) is 17.3 Å². The first-order valence-corrected chi connectivity index (χ1v) is 9.14. The quantitative estimate of drug-likeness (QED) is 0.816. The van der Waals surface area contributed by atoms with Gasteiger partial charge in [0.25, 0.3) is 0 Å². The van der Waals surface area contributed by atoms with E-state index in [1.54, 1.807) is 24.4 Å². The number of benzene rings is 1. The molecule has 24 heavy (non-hydrogen) atoms. The van der Waals surface area contributed by atoms with Crippen LogP contribution in [0.1, 0.15) is 12.8 Å². The molecule has 0 aliphatic carbocycles. The molecule has 0 aliphatic heterocycles. The third-order valence-electron chi connectivity index (χ3n) is 3.33. The first-order valence-electron chi connectivity index (χ1n) is 7.32. The Hall–Kier alpha value is -1.96. The van der Waals surface area contributed by atoms with Crippen molar-refractivity contribution in [2.45, 2.75) is 17.7 Å². The lowest BCUT2D eigenvalue weighted by molar-refractivity contribution is -0.116. The van der Waals surface area contributed by atoms with Crippen molar-refractivity contribution in [3.05, 3.63) is 53.7 Å². The molecule has 1 amide bonds. The number of nitrogens with one attached hydrogen (secondary N) is 1. The van der Waals surface area contributed by atoms with Gasteiger partial charge in [-0.15, -0.1) is 0 Å². The van der Waals surface area contributed by atoms with Crippen LogP contribution in [-0.2, 0) is 14.8 Å². The predicted octanol–water partition coefficient (Wildman–Crippen LogP) is 2.77. The highest BCUT2D eigenvalue weighted by molar-refractivity contribution is 7.89. The van der Waals surface area contributed by atoms with Crippen LogP contribution in [0.3, 0.4) is 0 Å². The molecule has 1 N–H and O–H groups in total. The normalized spacial score (nSPS) is 11.5. The molecule has 2 aromatic rings. The van der Waals surface area contributed by atoms with E-state index in [2.05, 4.69) is 10.3 Å². The Bertz CT molecular complexity index is 780. The molecule has 8 heteroatoms. The van der Waals surface area contributed by atoms with Crippen LogP contribution in [-0.4, -0.2) is 37.2 Å². The molecule has 1 aromatic heterocycles. The monoisotopic (exact) mass is 367 g/mol. The zero-order valence-corrected chi connectivity index (χ0v) is 14.7. The minimum atomic E-state index is -3.58. The van der Waals surface area contributed by atoms with E-state index >= 15 is 0 Å². The standard InChI is InChI=1S/C16H18ClN3O3S/c1-20(24(22,23)14-9-7-13(17)8-10-14)12-4-6-16(21)19-15-5-2-3-11-18-15/h2-3,5,7-11H,4,6,12H2,1H3,(H,18,19,21). The fourth-order valence-electron chi connectivity index (χ4n) is 2.01. The first kappa shape index (κ1) is 18.4. The van der Waals surface area contributed by atoms with Crippen LogP contribution in [0.2, 0.25) is 5.02 Å². The van der Waals surface area contributed by atoms with E-state index < -0.39 is 10.0 Å². The van der Waals surface area contributed by atoms with Gasteiger partial charge in [0, 0.05) is 31.2 Å². The molecule has 0 unspecified atom stereocenters. The van der Waals surface area contributed by atoms with Gasteiger partial charge in [0.15, 0.2) is 0 Å². The molecule has 6 nitrogen and oxygen atoms in total. The fraction of sp³-hybridized carbons (Fsp3) is 0.250. The Morgan fingerprint density at radius 2 is 1.92 bits per heavy atom. The number of anilines is 1. The minimum Gasteiger partial charge on any atom is -0.311 e. The minimum absolute atomic E-state index is 0.173. The van der Waals surface area contributed by atoms with E-state index in [1.165, 1.54) is 35.6 Å². The molecule has 0 atom stereocenters. The van der Waals surface area contributed by atoms with Gasteiger partial charge in [-0.3, -0.25) is 4.79 Å². The van der Waals surface area contributed by atoms with Crippen molar-refractivity contribution in [3.63, 3.8) is 0 Å². The molecule has 0 saturated carbocycles. The SMILES string of the molecule is CN(CCCC(=O)Nc1ccccn1)S(=O)(=O)c1ccc(Cl)cc1. The van der Waals surface area contributed by atoms with Crippen LogP contribution in [0.25, 0.3) is 0 Å². The Labute approximate surface area is 146 Å². The van der Waals surface area contributed by atoms with Gasteiger partial charge in [0.05, 0.1) is 4.90 Å². The van der Waals surface area contributed by atoms with Gasteiger partial charge in [0.1, 0.15) is 5.82 Å². The zero-order chi connectivity index (χ0) is 17.6. The summed E-state index contributed by atoms with van der Waals surface area (Å²) in [6, 6.07) is 11.2. The molecule has 0 bridgehead atoms. The van der Waals surface area contributed by atoms with E-state index in [4.69, 9.17) is 11.6 Å². The molecule has 2 rings (SSSR count). The average molecular weight is 368 g/mol. The highest BCUT2D eigenvalue weighted by Gasteiger charge is 2.20.